The molecule has 1 atom stereocenters. The van der Waals surface area contributed by atoms with Gasteiger partial charge in [0.05, 0.1) is 11.7 Å². The highest BCUT2D eigenvalue weighted by Crippen LogP contribution is 2.18. The maximum atomic E-state index is 12.7. The molecule has 1 amide bonds. The molecule has 4 nitrogen and oxygen atoms in total. The average molecular weight is 285 g/mol. The highest BCUT2D eigenvalue weighted by Gasteiger charge is 2.17. The molecular formula is C13H16FNO3S. The SMILES string of the molecule is CC(CN(C)C(=O)CSc1ccc(F)cc1)C(=O)O. The molecule has 104 valence electrons. The predicted molar refractivity (Wildman–Crippen MR) is 71.6 cm³/mol. The fourth-order valence-corrected chi connectivity index (χ4v) is 2.22. The van der Waals surface area contributed by atoms with E-state index in [0.717, 1.165) is 4.90 Å². The second-order valence-electron chi connectivity index (χ2n) is 4.26. The zero-order chi connectivity index (χ0) is 14.4. The molecule has 1 aromatic carbocycles. The molecule has 0 aromatic heterocycles. The molecule has 1 rings (SSSR count). The smallest absolute Gasteiger partial charge is 0.308 e. The van der Waals surface area contributed by atoms with Gasteiger partial charge in [0, 0.05) is 18.5 Å². The molecule has 0 bridgehead atoms. The zero-order valence-electron chi connectivity index (χ0n) is 10.8. The number of carboxylic acids is 1. The molecule has 0 aliphatic rings. The first kappa shape index (κ1) is 15.5. The zero-order valence-corrected chi connectivity index (χ0v) is 11.6. The van der Waals surface area contributed by atoms with Crippen molar-refractivity contribution in [2.24, 2.45) is 5.92 Å². The van der Waals surface area contributed by atoms with Crippen molar-refractivity contribution in [2.75, 3.05) is 19.3 Å². The Morgan fingerprint density at radius 2 is 1.95 bits per heavy atom. The fourth-order valence-electron chi connectivity index (χ4n) is 1.38. The maximum Gasteiger partial charge on any atom is 0.308 e. The highest BCUT2D eigenvalue weighted by molar-refractivity contribution is 8.00. The summed E-state index contributed by atoms with van der Waals surface area (Å²) in [6, 6.07) is 5.88. The van der Waals surface area contributed by atoms with Crippen molar-refractivity contribution in [3.8, 4) is 0 Å². The lowest BCUT2D eigenvalue weighted by molar-refractivity contribution is -0.142. The van der Waals surface area contributed by atoms with Crippen LogP contribution in [0.1, 0.15) is 6.92 Å². The number of hydrogen-bond acceptors (Lipinski definition) is 3. The largest absolute Gasteiger partial charge is 0.481 e. The van der Waals surface area contributed by atoms with Crippen LogP contribution >= 0.6 is 11.8 Å². The molecule has 0 fully saturated rings. The molecule has 19 heavy (non-hydrogen) atoms. The van der Waals surface area contributed by atoms with Crippen LogP contribution in [0.25, 0.3) is 0 Å². The standard InChI is InChI=1S/C13H16FNO3S/c1-9(13(17)18)7-15(2)12(16)8-19-11-5-3-10(14)4-6-11/h3-6,9H,7-8H2,1-2H3,(H,17,18). The first-order valence-corrected chi connectivity index (χ1v) is 6.74. The normalized spacial score (nSPS) is 11.9. The van der Waals surface area contributed by atoms with Gasteiger partial charge in [0.1, 0.15) is 5.82 Å². The minimum Gasteiger partial charge on any atom is -0.481 e. The summed E-state index contributed by atoms with van der Waals surface area (Å²) in [6.07, 6.45) is 0. The molecule has 0 spiro atoms. The number of thioether (sulfide) groups is 1. The lowest BCUT2D eigenvalue weighted by Gasteiger charge is -2.19. The Morgan fingerprint density at radius 3 is 2.47 bits per heavy atom. The summed E-state index contributed by atoms with van der Waals surface area (Å²) in [6.45, 7) is 1.73. The Morgan fingerprint density at radius 1 is 1.37 bits per heavy atom. The number of carbonyl (C=O) groups excluding carboxylic acids is 1. The van der Waals surface area contributed by atoms with Gasteiger partial charge in [-0.05, 0) is 24.3 Å². The number of aliphatic carboxylic acids is 1. The van der Waals surface area contributed by atoms with E-state index in [1.54, 1.807) is 26.1 Å². The van der Waals surface area contributed by atoms with Crippen LogP contribution in [-0.4, -0.2) is 41.2 Å². The number of carboxylic acid groups (broad SMARTS) is 1. The van der Waals surface area contributed by atoms with Gasteiger partial charge in [0.2, 0.25) is 5.91 Å². The molecule has 0 heterocycles. The van der Waals surface area contributed by atoms with Gasteiger partial charge in [-0.1, -0.05) is 6.92 Å². The first-order valence-electron chi connectivity index (χ1n) is 5.75. The highest BCUT2D eigenvalue weighted by atomic mass is 32.2. The van der Waals surface area contributed by atoms with Crippen molar-refractivity contribution in [3.05, 3.63) is 30.1 Å². The molecule has 0 saturated carbocycles. The van der Waals surface area contributed by atoms with Gasteiger partial charge in [-0.3, -0.25) is 9.59 Å². The van der Waals surface area contributed by atoms with Gasteiger partial charge >= 0.3 is 5.97 Å². The summed E-state index contributed by atoms with van der Waals surface area (Å²) in [5.74, 6) is -1.78. The van der Waals surface area contributed by atoms with Crippen LogP contribution < -0.4 is 0 Å². The van der Waals surface area contributed by atoms with Crippen LogP contribution in [0.2, 0.25) is 0 Å². The van der Waals surface area contributed by atoms with Crippen molar-refractivity contribution in [2.45, 2.75) is 11.8 Å². The molecule has 1 N–H and O–H groups in total. The van der Waals surface area contributed by atoms with E-state index in [4.69, 9.17) is 5.11 Å². The average Bonchev–Trinajstić information content (AvgIpc) is 2.37. The Balaban J connectivity index is 2.42. The van der Waals surface area contributed by atoms with Crippen molar-refractivity contribution < 1.29 is 19.1 Å². The molecule has 1 aromatic rings. The summed E-state index contributed by atoms with van der Waals surface area (Å²) in [4.78, 5) is 24.7. The predicted octanol–water partition coefficient (Wildman–Crippen LogP) is 2.10. The van der Waals surface area contributed by atoms with Gasteiger partial charge in [0.15, 0.2) is 0 Å². The van der Waals surface area contributed by atoms with Gasteiger partial charge in [-0.15, -0.1) is 11.8 Å². The van der Waals surface area contributed by atoms with Gasteiger partial charge < -0.3 is 10.0 Å². The second-order valence-corrected chi connectivity index (χ2v) is 5.30. The lowest BCUT2D eigenvalue weighted by Crippen LogP contribution is -2.34. The quantitative estimate of drug-likeness (QED) is 0.813. The summed E-state index contributed by atoms with van der Waals surface area (Å²) >= 11 is 1.30. The third-order valence-electron chi connectivity index (χ3n) is 2.57. The van der Waals surface area contributed by atoms with E-state index >= 15 is 0 Å². The molecule has 0 radical (unpaired) electrons. The van der Waals surface area contributed by atoms with E-state index in [0.29, 0.717) is 0 Å². The van der Waals surface area contributed by atoms with Crippen LogP contribution in [0.5, 0.6) is 0 Å². The maximum absolute atomic E-state index is 12.7. The monoisotopic (exact) mass is 285 g/mol. The Kier molecular flexibility index (Phi) is 5.82. The Bertz CT molecular complexity index is 450. The van der Waals surface area contributed by atoms with E-state index in [9.17, 15) is 14.0 Å². The third-order valence-corrected chi connectivity index (χ3v) is 3.57. The van der Waals surface area contributed by atoms with E-state index in [1.165, 1.54) is 28.8 Å². The van der Waals surface area contributed by atoms with Crippen molar-refractivity contribution in [1.82, 2.24) is 4.90 Å². The van der Waals surface area contributed by atoms with Crippen LogP contribution in [0, 0.1) is 11.7 Å². The Labute approximate surface area is 115 Å². The molecule has 0 aliphatic heterocycles. The number of rotatable bonds is 6. The van der Waals surface area contributed by atoms with Gasteiger partial charge in [0.25, 0.3) is 0 Å². The molecule has 0 aliphatic carbocycles. The van der Waals surface area contributed by atoms with Crippen molar-refractivity contribution in [3.63, 3.8) is 0 Å². The minimum atomic E-state index is -0.925. The van der Waals surface area contributed by atoms with Crippen LogP contribution in [0.15, 0.2) is 29.2 Å². The molecule has 6 heteroatoms. The number of halogens is 1. The summed E-state index contributed by atoms with van der Waals surface area (Å²) < 4.78 is 12.7. The fraction of sp³-hybridized carbons (Fsp3) is 0.385. The van der Waals surface area contributed by atoms with Crippen molar-refractivity contribution in [1.29, 1.82) is 0 Å². The van der Waals surface area contributed by atoms with Crippen LogP contribution in [0.4, 0.5) is 4.39 Å². The third kappa shape index (κ3) is 5.30. The Hall–Kier alpha value is -1.56. The second kappa shape index (κ2) is 7.13. The van der Waals surface area contributed by atoms with Gasteiger partial charge in [-0.25, -0.2) is 4.39 Å². The van der Waals surface area contributed by atoms with E-state index in [1.807, 2.05) is 0 Å². The molecule has 0 saturated heterocycles. The van der Waals surface area contributed by atoms with Crippen molar-refractivity contribution >= 4 is 23.6 Å². The van der Waals surface area contributed by atoms with Crippen LogP contribution in [-0.2, 0) is 9.59 Å². The molecular weight excluding hydrogens is 269 g/mol. The molecule has 1 unspecified atom stereocenters. The number of carbonyl (C=O) groups is 2. The summed E-state index contributed by atoms with van der Waals surface area (Å²) in [7, 11) is 1.58. The first-order chi connectivity index (χ1) is 8.90. The summed E-state index contributed by atoms with van der Waals surface area (Å²) in [5, 5.41) is 8.77. The number of benzene rings is 1. The number of nitrogens with zero attached hydrogens (tertiary/aromatic N) is 1. The number of amides is 1. The van der Waals surface area contributed by atoms with E-state index in [-0.39, 0.29) is 24.0 Å². The lowest BCUT2D eigenvalue weighted by atomic mass is 10.2. The van der Waals surface area contributed by atoms with Crippen LogP contribution in [0.3, 0.4) is 0 Å². The minimum absolute atomic E-state index is 0.151. The topological polar surface area (TPSA) is 57.6 Å². The van der Waals surface area contributed by atoms with Gasteiger partial charge in [-0.2, -0.15) is 0 Å². The van der Waals surface area contributed by atoms with E-state index in [2.05, 4.69) is 0 Å². The summed E-state index contributed by atoms with van der Waals surface area (Å²) in [5.41, 5.74) is 0. The number of hydrogen-bond donors (Lipinski definition) is 1. The van der Waals surface area contributed by atoms with E-state index < -0.39 is 11.9 Å².